The van der Waals surface area contributed by atoms with Crippen molar-refractivity contribution in [3.05, 3.63) is 64.4 Å². The first-order valence-electron chi connectivity index (χ1n) is 7.46. The lowest BCUT2D eigenvalue weighted by atomic mass is 10.1. The summed E-state index contributed by atoms with van der Waals surface area (Å²) in [6.07, 6.45) is 0. The molecule has 0 saturated heterocycles. The highest BCUT2D eigenvalue weighted by molar-refractivity contribution is 6.30. The summed E-state index contributed by atoms with van der Waals surface area (Å²) in [7, 11) is 1.32. The summed E-state index contributed by atoms with van der Waals surface area (Å²) >= 11 is 5.91. The number of hydrogen-bond acceptors (Lipinski definition) is 4. The van der Waals surface area contributed by atoms with Gasteiger partial charge >= 0.3 is 5.97 Å². The Morgan fingerprint density at radius 3 is 2.64 bits per heavy atom. The molecule has 0 heterocycles. The van der Waals surface area contributed by atoms with Crippen molar-refractivity contribution in [1.82, 2.24) is 5.32 Å². The van der Waals surface area contributed by atoms with E-state index in [4.69, 9.17) is 21.1 Å². The molecule has 5 nitrogen and oxygen atoms in total. The molecule has 2 aromatic rings. The van der Waals surface area contributed by atoms with Crippen LogP contribution in [0.3, 0.4) is 0 Å². The Hall–Kier alpha value is -2.60. The van der Waals surface area contributed by atoms with E-state index in [1.807, 2.05) is 6.07 Å². The second-order valence-electron chi connectivity index (χ2n) is 5.27. The molecule has 1 N–H and O–H groups in total. The predicted molar refractivity (Wildman–Crippen MR) is 91.2 cm³/mol. The largest absolute Gasteiger partial charge is 0.494 e. The number of benzene rings is 2. The molecule has 0 bridgehead atoms. The third-order valence-corrected chi connectivity index (χ3v) is 3.68. The summed E-state index contributed by atoms with van der Waals surface area (Å²) in [5, 5.41) is 3.25. The molecule has 0 unspecified atom stereocenters. The Morgan fingerprint density at radius 2 is 2.00 bits per heavy atom. The number of nitrogens with one attached hydrogen (secondary N) is 1. The van der Waals surface area contributed by atoms with Crippen LogP contribution >= 0.6 is 11.6 Å². The van der Waals surface area contributed by atoms with E-state index in [1.165, 1.54) is 19.2 Å². The van der Waals surface area contributed by atoms with Crippen molar-refractivity contribution in [2.75, 3.05) is 13.7 Å². The first-order valence-corrected chi connectivity index (χ1v) is 7.84. The van der Waals surface area contributed by atoms with Gasteiger partial charge in [0.25, 0.3) is 5.91 Å². The summed E-state index contributed by atoms with van der Waals surface area (Å²) in [6.45, 7) is 1.31. The molecule has 1 atom stereocenters. The van der Waals surface area contributed by atoms with E-state index in [0.717, 1.165) is 11.6 Å². The number of amides is 1. The molecule has 0 aliphatic carbocycles. The van der Waals surface area contributed by atoms with Crippen molar-refractivity contribution in [1.29, 1.82) is 0 Å². The zero-order chi connectivity index (χ0) is 18.4. The Bertz CT molecular complexity index is 781. The quantitative estimate of drug-likeness (QED) is 0.795. The van der Waals surface area contributed by atoms with Crippen LogP contribution in [0, 0.1) is 5.82 Å². The Labute approximate surface area is 149 Å². The number of esters is 1. The molecular formula is C18H17ClFNO4. The van der Waals surface area contributed by atoms with E-state index in [1.54, 1.807) is 25.1 Å². The zero-order valence-corrected chi connectivity index (χ0v) is 14.5. The minimum absolute atomic E-state index is 0.00557. The van der Waals surface area contributed by atoms with Crippen LogP contribution in [-0.4, -0.2) is 25.6 Å². The standard InChI is InChI=1S/C18H17ClFNO4/c1-11(12-4-3-5-14(19)8-12)21-17(22)10-25-18(23)13-6-7-16(24-2)15(20)9-13/h3-9,11H,10H2,1-2H3,(H,21,22)/t11-/m1/s1. The molecule has 2 rings (SSSR count). The number of rotatable bonds is 6. The minimum Gasteiger partial charge on any atom is -0.494 e. The fraction of sp³-hybridized carbons (Fsp3) is 0.222. The highest BCUT2D eigenvalue weighted by atomic mass is 35.5. The SMILES string of the molecule is COc1ccc(C(=O)OCC(=O)N[C@H](C)c2cccc(Cl)c2)cc1F. The van der Waals surface area contributed by atoms with Gasteiger partial charge in [0.05, 0.1) is 18.7 Å². The van der Waals surface area contributed by atoms with Gasteiger partial charge in [-0.15, -0.1) is 0 Å². The van der Waals surface area contributed by atoms with E-state index in [0.29, 0.717) is 5.02 Å². The monoisotopic (exact) mass is 365 g/mol. The summed E-state index contributed by atoms with van der Waals surface area (Å²) < 4.78 is 23.2. The molecule has 132 valence electrons. The van der Waals surface area contributed by atoms with Gasteiger partial charge in [0.1, 0.15) is 0 Å². The van der Waals surface area contributed by atoms with Gasteiger partial charge in [-0.2, -0.15) is 0 Å². The second-order valence-corrected chi connectivity index (χ2v) is 5.71. The lowest BCUT2D eigenvalue weighted by Crippen LogP contribution is -2.31. The summed E-state index contributed by atoms with van der Waals surface area (Å²) in [4.78, 5) is 23.8. The van der Waals surface area contributed by atoms with Crippen LogP contribution in [0.1, 0.15) is 28.9 Å². The molecule has 0 spiro atoms. The number of ether oxygens (including phenoxy) is 2. The van der Waals surface area contributed by atoms with Gasteiger partial charge in [-0.25, -0.2) is 9.18 Å². The van der Waals surface area contributed by atoms with Crippen LogP contribution in [0.4, 0.5) is 4.39 Å². The predicted octanol–water partition coefficient (Wildman–Crippen LogP) is 3.52. The smallest absolute Gasteiger partial charge is 0.338 e. The molecule has 0 aliphatic rings. The first kappa shape index (κ1) is 18.7. The van der Waals surface area contributed by atoms with Crippen LogP contribution in [0.2, 0.25) is 5.02 Å². The Balaban J connectivity index is 1.89. The third-order valence-electron chi connectivity index (χ3n) is 3.45. The molecule has 1 amide bonds. The lowest BCUT2D eigenvalue weighted by Gasteiger charge is -2.14. The van der Waals surface area contributed by atoms with E-state index in [2.05, 4.69) is 5.32 Å². The van der Waals surface area contributed by atoms with Crippen molar-refractivity contribution in [3.8, 4) is 5.75 Å². The summed E-state index contributed by atoms with van der Waals surface area (Å²) in [5.74, 6) is -1.94. The van der Waals surface area contributed by atoms with Gasteiger partial charge in [-0.1, -0.05) is 23.7 Å². The number of methoxy groups -OCH3 is 1. The van der Waals surface area contributed by atoms with E-state index in [-0.39, 0.29) is 17.4 Å². The minimum atomic E-state index is -0.799. The average Bonchev–Trinajstić information content (AvgIpc) is 2.59. The molecule has 2 aromatic carbocycles. The number of carbonyl (C=O) groups is 2. The van der Waals surface area contributed by atoms with E-state index < -0.39 is 24.3 Å². The van der Waals surface area contributed by atoms with Crippen LogP contribution < -0.4 is 10.1 Å². The van der Waals surface area contributed by atoms with E-state index in [9.17, 15) is 14.0 Å². The van der Waals surface area contributed by atoms with Gasteiger partial charge in [0.15, 0.2) is 18.2 Å². The molecule has 25 heavy (non-hydrogen) atoms. The van der Waals surface area contributed by atoms with Crippen molar-refractivity contribution >= 4 is 23.5 Å². The Kier molecular flexibility index (Phi) is 6.36. The average molecular weight is 366 g/mol. The first-order chi connectivity index (χ1) is 11.9. The molecule has 0 radical (unpaired) electrons. The number of hydrogen-bond donors (Lipinski definition) is 1. The maximum atomic E-state index is 13.6. The maximum Gasteiger partial charge on any atom is 0.338 e. The molecule has 7 heteroatoms. The van der Waals surface area contributed by atoms with Gasteiger partial charge in [0.2, 0.25) is 0 Å². The Morgan fingerprint density at radius 1 is 1.24 bits per heavy atom. The van der Waals surface area contributed by atoms with Crippen molar-refractivity contribution in [3.63, 3.8) is 0 Å². The molecule has 0 fully saturated rings. The van der Waals surface area contributed by atoms with Crippen LogP contribution in [0.25, 0.3) is 0 Å². The fourth-order valence-electron chi connectivity index (χ4n) is 2.15. The number of halogens is 2. The molecular weight excluding hydrogens is 349 g/mol. The van der Waals surface area contributed by atoms with Gasteiger partial charge in [-0.3, -0.25) is 4.79 Å². The van der Waals surface area contributed by atoms with Gasteiger partial charge in [-0.05, 0) is 42.8 Å². The second kappa shape index (κ2) is 8.48. The third kappa shape index (κ3) is 5.19. The molecule has 0 aliphatic heterocycles. The summed E-state index contributed by atoms with van der Waals surface area (Å²) in [6, 6.07) is 10.4. The maximum absolute atomic E-state index is 13.6. The van der Waals surface area contributed by atoms with Crippen LogP contribution in [0.15, 0.2) is 42.5 Å². The van der Waals surface area contributed by atoms with Crippen molar-refractivity contribution in [2.24, 2.45) is 0 Å². The van der Waals surface area contributed by atoms with Gasteiger partial charge in [0, 0.05) is 5.02 Å². The van der Waals surface area contributed by atoms with Gasteiger partial charge < -0.3 is 14.8 Å². The zero-order valence-electron chi connectivity index (χ0n) is 13.7. The van der Waals surface area contributed by atoms with Crippen molar-refractivity contribution < 1.29 is 23.5 Å². The van der Waals surface area contributed by atoms with E-state index >= 15 is 0 Å². The molecule has 0 saturated carbocycles. The highest BCUT2D eigenvalue weighted by Crippen LogP contribution is 2.19. The highest BCUT2D eigenvalue weighted by Gasteiger charge is 2.15. The molecule has 0 aromatic heterocycles. The topological polar surface area (TPSA) is 64.6 Å². The normalized spacial score (nSPS) is 11.5. The van der Waals surface area contributed by atoms with Crippen LogP contribution in [-0.2, 0) is 9.53 Å². The van der Waals surface area contributed by atoms with Crippen molar-refractivity contribution in [2.45, 2.75) is 13.0 Å². The number of carbonyl (C=O) groups excluding carboxylic acids is 2. The summed E-state index contributed by atoms with van der Waals surface area (Å²) in [5.41, 5.74) is 0.818. The fourth-order valence-corrected chi connectivity index (χ4v) is 2.35. The lowest BCUT2D eigenvalue weighted by molar-refractivity contribution is -0.124. The van der Waals surface area contributed by atoms with Crippen LogP contribution in [0.5, 0.6) is 5.75 Å².